The average Bonchev–Trinajstić information content (AvgIpc) is 2.85. The first-order chi connectivity index (χ1) is 11.7. The first-order valence-corrected chi connectivity index (χ1v) is 8.65. The van der Waals surface area contributed by atoms with Crippen molar-refractivity contribution in [1.29, 1.82) is 0 Å². The monoisotopic (exact) mass is 334 g/mol. The van der Waals surface area contributed by atoms with Crippen LogP contribution in [0.2, 0.25) is 0 Å². The number of fused-ring (bicyclic) bond motifs is 1. The Hall–Kier alpha value is -1.95. The Morgan fingerprint density at radius 3 is 2.71 bits per heavy atom. The van der Waals surface area contributed by atoms with E-state index in [9.17, 15) is 4.79 Å². The molecule has 0 bridgehead atoms. The highest BCUT2D eigenvalue weighted by Crippen LogP contribution is 2.37. The van der Waals surface area contributed by atoms with Gasteiger partial charge in [-0.15, -0.1) is 0 Å². The fourth-order valence-electron chi connectivity index (χ4n) is 3.41. The molecule has 0 spiro atoms. The van der Waals surface area contributed by atoms with E-state index in [0.717, 1.165) is 55.0 Å². The molecule has 1 atom stereocenters. The zero-order valence-electron chi connectivity index (χ0n) is 14.5. The second kappa shape index (κ2) is 7.75. The minimum absolute atomic E-state index is 0.0792. The summed E-state index contributed by atoms with van der Waals surface area (Å²) in [6.07, 6.45) is 3.97. The zero-order valence-corrected chi connectivity index (χ0v) is 14.5. The number of nitrogens with zero attached hydrogens (tertiary/aromatic N) is 1. The number of amides is 1. The van der Waals surface area contributed by atoms with Crippen LogP contribution in [0.25, 0.3) is 0 Å². The van der Waals surface area contributed by atoms with E-state index in [0.29, 0.717) is 19.8 Å². The molecular formula is C18H26N2O4. The van der Waals surface area contributed by atoms with E-state index in [1.807, 2.05) is 12.1 Å². The Labute approximate surface area is 143 Å². The van der Waals surface area contributed by atoms with Crippen molar-refractivity contribution in [3.05, 3.63) is 17.7 Å². The normalized spacial score (nSPS) is 21.0. The molecule has 1 aromatic carbocycles. The van der Waals surface area contributed by atoms with E-state index in [1.54, 1.807) is 14.2 Å². The van der Waals surface area contributed by atoms with Crippen LogP contribution in [0.4, 0.5) is 0 Å². The van der Waals surface area contributed by atoms with Gasteiger partial charge in [0, 0.05) is 31.6 Å². The van der Waals surface area contributed by atoms with Crippen molar-refractivity contribution in [2.75, 3.05) is 33.9 Å². The second-order valence-corrected chi connectivity index (χ2v) is 6.26. The molecule has 6 nitrogen and oxygen atoms in total. The van der Waals surface area contributed by atoms with Crippen LogP contribution in [-0.2, 0) is 11.3 Å². The molecular weight excluding hydrogens is 308 g/mol. The number of carbonyl (C=O) groups is 1. The fourth-order valence-corrected chi connectivity index (χ4v) is 3.41. The lowest BCUT2D eigenvalue weighted by molar-refractivity contribution is -0.127. The molecule has 132 valence electrons. The van der Waals surface area contributed by atoms with E-state index >= 15 is 0 Å². The van der Waals surface area contributed by atoms with Gasteiger partial charge in [0.1, 0.15) is 5.75 Å². The second-order valence-electron chi connectivity index (χ2n) is 6.26. The Morgan fingerprint density at radius 1 is 1.25 bits per heavy atom. The molecule has 3 rings (SSSR count). The lowest BCUT2D eigenvalue weighted by Gasteiger charge is -2.34. The molecule has 0 radical (unpaired) electrons. The van der Waals surface area contributed by atoms with Gasteiger partial charge in [0.2, 0.25) is 5.91 Å². The highest BCUT2D eigenvalue weighted by molar-refractivity contribution is 5.81. The highest BCUT2D eigenvalue weighted by Gasteiger charge is 2.29. The van der Waals surface area contributed by atoms with E-state index < -0.39 is 0 Å². The van der Waals surface area contributed by atoms with Crippen molar-refractivity contribution >= 4 is 5.91 Å². The third-order valence-electron chi connectivity index (χ3n) is 4.69. The first-order valence-electron chi connectivity index (χ1n) is 8.65. The molecule has 1 saturated heterocycles. The number of hydrogen-bond donors (Lipinski definition) is 1. The standard InChI is InChI=1S/C18H26N2O4/c1-19-18(21)14-6-3-4-7-20(14)12-13-10-16-17(11-15(13)22-2)24-9-5-8-23-16/h10-11,14H,3-9,12H2,1-2H3,(H,19,21). The van der Waals surface area contributed by atoms with Crippen LogP contribution in [0, 0.1) is 0 Å². The van der Waals surface area contributed by atoms with Crippen LogP contribution in [-0.4, -0.2) is 50.8 Å². The summed E-state index contributed by atoms with van der Waals surface area (Å²) in [4.78, 5) is 14.4. The van der Waals surface area contributed by atoms with Crippen LogP contribution in [0.15, 0.2) is 12.1 Å². The summed E-state index contributed by atoms with van der Waals surface area (Å²) in [6.45, 7) is 2.89. The summed E-state index contributed by atoms with van der Waals surface area (Å²) < 4.78 is 17.1. The van der Waals surface area contributed by atoms with Crippen molar-refractivity contribution in [2.24, 2.45) is 0 Å². The quantitative estimate of drug-likeness (QED) is 0.912. The molecule has 0 aliphatic carbocycles. The minimum atomic E-state index is -0.0792. The topological polar surface area (TPSA) is 60.0 Å². The summed E-state index contributed by atoms with van der Waals surface area (Å²) in [7, 11) is 3.36. The maximum absolute atomic E-state index is 12.2. The number of benzene rings is 1. The molecule has 2 aliphatic heterocycles. The van der Waals surface area contributed by atoms with Crippen molar-refractivity contribution in [3.8, 4) is 17.2 Å². The Bertz CT molecular complexity index is 591. The Kier molecular flexibility index (Phi) is 5.45. The molecule has 6 heteroatoms. The van der Waals surface area contributed by atoms with Gasteiger partial charge in [-0.25, -0.2) is 0 Å². The number of nitrogens with one attached hydrogen (secondary N) is 1. The highest BCUT2D eigenvalue weighted by atomic mass is 16.5. The molecule has 1 fully saturated rings. The van der Waals surface area contributed by atoms with Crippen LogP contribution in [0.3, 0.4) is 0 Å². The van der Waals surface area contributed by atoms with Gasteiger partial charge in [0.25, 0.3) is 0 Å². The smallest absolute Gasteiger partial charge is 0.237 e. The predicted octanol–water partition coefficient (Wildman–Crippen LogP) is 1.96. The van der Waals surface area contributed by atoms with E-state index in [-0.39, 0.29) is 11.9 Å². The van der Waals surface area contributed by atoms with Crippen molar-refractivity contribution in [2.45, 2.75) is 38.3 Å². The number of rotatable bonds is 4. The summed E-state index contributed by atoms with van der Waals surface area (Å²) in [5.41, 5.74) is 1.03. The van der Waals surface area contributed by atoms with E-state index in [4.69, 9.17) is 14.2 Å². The molecule has 1 aromatic rings. The van der Waals surface area contributed by atoms with Crippen LogP contribution >= 0.6 is 0 Å². The van der Waals surface area contributed by atoms with Gasteiger partial charge in [0.05, 0.1) is 26.4 Å². The average molecular weight is 334 g/mol. The molecule has 1 unspecified atom stereocenters. The lowest BCUT2D eigenvalue weighted by atomic mass is 10.00. The maximum Gasteiger partial charge on any atom is 0.237 e. The molecule has 1 N–H and O–H groups in total. The third-order valence-corrected chi connectivity index (χ3v) is 4.69. The number of carbonyl (C=O) groups excluding carboxylic acids is 1. The van der Waals surface area contributed by atoms with Gasteiger partial charge in [-0.1, -0.05) is 6.42 Å². The summed E-state index contributed by atoms with van der Waals surface area (Å²) >= 11 is 0. The summed E-state index contributed by atoms with van der Waals surface area (Å²) in [6, 6.07) is 3.81. The van der Waals surface area contributed by atoms with Gasteiger partial charge in [-0.05, 0) is 25.5 Å². The van der Waals surface area contributed by atoms with E-state index in [1.165, 1.54) is 0 Å². The summed E-state index contributed by atoms with van der Waals surface area (Å²) in [5.74, 6) is 2.36. The fraction of sp³-hybridized carbons (Fsp3) is 0.611. The number of likely N-dealkylation sites (N-methyl/N-ethyl adjacent to an activating group) is 1. The molecule has 2 aliphatic rings. The Balaban J connectivity index is 1.85. The zero-order chi connectivity index (χ0) is 16.9. The van der Waals surface area contributed by atoms with Crippen molar-refractivity contribution in [3.63, 3.8) is 0 Å². The SMILES string of the molecule is CNC(=O)C1CCCCN1Cc1cc2c(cc1OC)OCCCO2. The first kappa shape index (κ1) is 16.9. The lowest BCUT2D eigenvalue weighted by Crippen LogP contribution is -2.48. The largest absolute Gasteiger partial charge is 0.496 e. The predicted molar refractivity (Wildman–Crippen MR) is 90.7 cm³/mol. The third kappa shape index (κ3) is 3.59. The van der Waals surface area contributed by atoms with Gasteiger partial charge in [0.15, 0.2) is 11.5 Å². The summed E-state index contributed by atoms with van der Waals surface area (Å²) in [5, 5.41) is 2.78. The Morgan fingerprint density at radius 2 is 2.00 bits per heavy atom. The van der Waals surface area contributed by atoms with Gasteiger partial charge in [-0.2, -0.15) is 0 Å². The van der Waals surface area contributed by atoms with Crippen molar-refractivity contribution < 1.29 is 19.0 Å². The number of hydrogen-bond acceptors (Lipinski definition) is 5. The van der Waals surface area contributed by atoms with E-state index in [2.05, 4.69) is 10.2 Å². The van der Waals surface area contributed by atoms with Gasteiger partial charge in [-0.3, -0.25) is 9.69 Å². The van der Waals surface area contributed by atoms with Crippen LogP contribution < -0.4 is 19.5 Å². The maximum atomic E-state index is 12.2. The van der Waals surface area contributed by atoms with Gasteiger partial charge < -0.3 is 19.5 Å². The molecule has 0 saturated carbocycles. The number of methoxy groups -OCH3 is 1. The molecule has 2 heterocycles. The number of piperidine rings is 1. The number of likely N-dealkylation sites (tertiary alicyclic amines) is 1. The number of ether oxygens (including phenoxy) is 3. The van der Waals surface area contributed by atoms with Crippen LogP contribution in [0.5, 0.6) is 17.2 Å². The minimum Gasteiger partial charge on any atom is -0.496 e. The van der Waals surface area contributed by atoms with Crippen LogP contribution in [0.1, 0.15) is 31.2 Å². The molecule has 1 amide bonds. The van der Waals surface area contributed by atoms with Gasteiger partial charge >= 0.3 is 0 Å². The molecule has 24 heavy (non-hydrogen) atoms. The molecule has 0 aromatic heterocycles. The van der Waals surface area contributed by atoms with Crippen molar-refractivity contribution in [1.82, 2.24) is 10.2 Å².